The number of hydrogen-bond donors (Lipinski definition) is 2. The SMILES string of the molecule is Cc1c(O)cccc1C1(c2cccc(O)c2C)c2ccccc2-c2ccccc21. The van der Waals surface area contributed by atoms with E-state index in [1.807, 2.05) is 26.0 Å². The summed E-state index contributed by atoms with van der Waals surface area (Å²) in [6, 6.07) is 28.4. The average Bonchev–Trinajstić information content (AvgIpc) is 3.04. The second-order valence-corrected chi connectivity index (χ2v) is 7.74. The zero-order valence-corrected chi connectivity index (χ0v) is 16.5. The molecule has 0 spiro atoms. The first-order chi connectivity index (χ1) is 14.1. The van der Waals surface area contributed by atoms with Gasteiger partial charge in [-0.2, -0.15) is 0 Å². The van der Waals surface area contributed by atoms with Crippen LogP contribution in [0.25, 0.3) is 11.1 Å². The second kappa shape index (κ2) is 6.25. The number of hydrogen-bond acceptors (Lipinski definition) is 2. The fourth-order valence-electron chi connectivity index (χ4n) is 5.02. The molecular weight excluding hydrogens is 356 g/mol. The summed E-state index contributed by atoms with van der Waals surface area (Å²) in [5.74, 6) is 0.558. The number of aromatic hydroxyl groups is 2. The van der Waals surface area contributed by atoms with Gasteiger partial charge in [-0.1, -0.05) is 72.8 Å². The smallest absolute Gasteiger partial charge is 0.118 e. The highest BCUT2D eigenvalue weighted by Gasteiger charge is 2.47. The van der Waals surface area contributed by atoms with E-state index in [1.165, 1.54) is 22.3 Å². The third-order valence-corrected chi connectivity index (χ3v) is 6.37. The van der Waals surface area contributed by atoms with E-state index < -0.39 is 5.41 Å². The lowest BCUT2D eigenvalue weighted by molar-refractivity contribution is 0.467. The highest BCUT2D eigenvalue weighted by atomic mass is 16.3. The summed E-state index contributed by atoms with van der Waals surface area (Å²) in [6.45, 7) is 3.93. The molecule has 1 aliphatic rings. The minimum Gasteiger partial charge on any atom is -0.508 e. The Morgan fingerprint density at radius 2 is 0.862 bits per heavy atom. The lowest BCUT2D eigenvalue weighted by Gasteiger charge is -2.36. The largest absolute Gasteiger partial charge is 0.508 e. The minimum absolute atomic E-state index is 0.279. The third kappa shape index (κ3) is 2.23. The summed E-state index contributed by atoms with van der Waals surface area (Å²) in [5, 5.41) is 21.2. The van der Waals surface area contributed by atoms with Crippen LogP contribution in [0.3, 0.4) is 0 Å². The van der Waals surface area contributed by atoms with Crippen molar-refractivity contribution in [1.82, 2.24) is 0 Å². The standard InChI is InChI=1S/C27H22O2/c1-17-21(13-7-15-25(17)28)27(22-14-8-16-26(29)18(22)2)23-11-5-3-9-19(23)20-10-4-6-12-24(20)27/h3-16,28-29H,1-2H3. The second-order valence-electron chi connectivity index (χ2n) is 7.74. The first-order valence-electron chi connectivity index (χ1n) is 9.84. The van der Waals surface area contributed by atoms with Gasteiger partial charge in [-0.05, 0) is 70.5 Å². The van der Waals surface area contributed by atoms with Gasteiger partial charge in [0, 0.05) is 0 Å². The molecule has 1 aliphatic carbocycles. The highest BCUT2D eigenvalue weighted by molar-refractivity contribution is 5.87. The number of benzene rings is 4. The molecule has 0 unspecified atom stereocenters. The number of phenols is 2. The Morgan fingerprint density at radius 3 is 1.31 bits per heavy atom. The molecule has 5 rings (SSSR count). The molecule has 0 fully saturated rings. The van der Waals surface area contributed by atoms with Crippen LogP contribution in [-0.2, 0) is 5.41 Å². The van der Waals surface area contributed by atoms with Crippen LogP contribution < -0.4 is 0 Å². The number of rotatable bonds is 2. The quantitative estimate of drug-likeness (QED) is 0.391. The van der Waals surface area contributed by atoms with E-state index in [2.05, 4.69) is 60.7 Å². The van der Waals surface area contributed by atoms with Crippen molar-refractivity contribution >= 4 is 0 Å². The maximum Gasteiger partial charge on any atom is 0.118 e. The lowest BCUT2D eigenvalue weighted by atomic mass is 9.65. The normalized spacial score (nSPS) is 13.7. The lowest BCUT2D eigenvalue weighted by Crippen LogP contribution is -2.30. The molecule has 4 aromatic rings. The molecule has 0 radical (unpaired) electrons. The maximum absolute atomic E-state index is 10.6. The monoisotopic (exact) mass is 378 g/mol. The van der Waals surface area contributed by atoms with Crippen LogP contribution >= 0.6 is 0 Å². The molecule has 0 heterocycles. The summed E-state index contributed by atoms with van der Waals surface area (Å²) in [4.78, 5) is 0. The predicted octanol–water partition coefficient (Wildman–Crippen LogP) is 6.08. The molecule has 4 aromatic carbocycles. The summed E-state index contributed by atoms with van der Waals surface area (Å²) in [6.07, 6.45) is 0. The maximum atomic E-state index is 10.6. The molecule has 0 aliphatic heterocycles. The zero-order chi connectivity index (χ0) is 20.2. The molecule has 0 aromatic heterocycles. The molecule has 2 heteroatoms. The molecule has 29 heavy (non-hydrogen) atoms. The van der Waals surface area contributed by atoms with Gasteiger partial charge in [0.15, 0.2) is 0 Å². The third-order valence-electron chi connectivity index (χ3n) is 6.37. The van der Waals surface area contributed by atoms with E-state index in [1.54, 1.807) is 12.1 Å². The summed E-state index contributed by atoms with van der Waals surface area (Å²) in [5.41, 5.74) is 7.86. The van der Waals surface area contributed by atoms with Crippen LogP contribution in [0.5, 0.6) is 11.5 Å². The Bertz CT molecular complexity index is 1150. The molecule has 2 nitrogen and oxygen atoms in total. The van der Waals surface area contributed by atoms with Crippen molar-refractivity contribution in [3.05, 3.63) is 118 Å². The van der Waals surface area contributed by atoms with Crippen LogP contribution in [0.4, 0.5) is 0 Å². The summed E-state index contributed by atoms with van der Waals surface area (Å²) >= 11 is 0. The fraction of sp³-hybridized carbons (Fsp3) is 0.111. The van der Waals surface area contributed by atoms with E-state index in [-0.39, 0.29) is 11.5 Å². The number of fused-ring (bicyclic) bond motifs is 3. The summed E-state index contributed by atoms with van der Waals surface area (Å²) < 4.78 is 0. The van der Waals surface area contributed by atoms with Crippen LogP contribution in [-0.4, -0.2) is 10.2 Å². The van der Waals surface area contributed by atoms with Crippen LogP contribution in [0, 0.1) is 13.8 Å². The Kier molecular flexibility index (Phi) is 3.78. The first-order valence-corrected chi connectivity index (χ1v) is 9.84. The van der Waals surface area contributed by atoms with Crippen LogP contribution in [0.1, 0.15) is 33.4 Å². The van der Waals surface area contributed by atoms with Gasteiger partial charge in [-0.15, -0.1) is 0 Å². The van der Waals surface area contributed by atoms with Crippen molar-refractivity contribution in [2.24, 2.45) is 0 Å². The Morgan fingerprint density at radius 1 is 0.483 bits per heavy atom. The van der Waals surface area contributed by atoms with E-state index >= 15 is 0 Å². The molecule has 2 N–H and O–H groups in total. The fourth-order valence-corrected chi connectivity index (χ4v) is 5.02. The number of phenolic OH excluding ortho intramolecular Hbond substituents is 2. The Labute approximate surface area is 170 Å². The van der Waals surface area contributed by atoms with Crippen molar-refractivity contribution < 1.29 is 10.2 Å². The van der Waals surface area contributed by atoms with E-state index in [0.29, 0.717) is 0 Å². The van der Waals surface area contributed by atoms with Crippen LogP contribution in [0.2, 0.25) is 0 Å². The van der Waals surface area contributed by atoms with Gasteiger partial charge in [-0.25, -0.2) is 0 Å². The topological polar surface area (TPSA) is 40.5 Å². The highest BCUT2D eigenvalue weighted by Crippen LogP contribution is 2.58. The van der Waals surface area contributed by atoms with E-state index in [0.717, 1.165) is 22.3 Å². The molecule has 0 saturated heterocycles. The Hall–Kier alpha value is -3.52. The van der Waals surface area contributed by atoms with Gasteiger partial charge in [0.2, 0.25) is 0 Å². The molecule has 0 atom stereocenters. The van der Waals surface area contributed by atoms with Gasteiger partial charge in [0.25, 0.3) is 0 Å². The first kappa shape index (κ1) is 17.6. The van der Waals surface area contributed by atoms with Crippen molar-refractivity contribution in [3.63, 3.8) is 0 Å². The zero-order valence-electron chi connectivity index (χ0n) is 16.5. The van der Waals surface area contributed by atoms with Crippen molar-refractivity contribution in [2.75, 3.05) is 0 Å². The molecular formula is C27H22O2. The van der Waals surface area contributed by atoms with E-state index in [9.17, 15) is 10.2 Å². The van der Waals surface area contributed by atoms with Crippen LogP contribution in [0.15, 0.2) is 84.9 Å². The molecule has 142 valence electrons. The van der Waals surface area contributed by atoms with Crippen molar-refractivity contribution in [1.29, 1.82) is 0 Å². The molecule has 0 bridgehead atoms. The van der Waals surface area contributed by atoms with Gasteiger partial charge < -0.3 is 10.2 Å². The summed E-state index contributed by atoms with van der Waals surface area (Å²) in [7, 11) is 0. The molecule has 0 amide bonds. The van der Waals surface area contributed by atoms with Gasteiger partial charge in [-0.3, -0.25) is 0 Å². The van der Waals surface area contributed by atoms with Crippen molar-refractivity contribution in [3.8, 4) is 22.6 Å². The molecule has 0 saturated carbocycles. The van der Waals surface area contributed by atoms with E-state index in [4.69, 9.17) is 0 Å². The van der Waals surface area contributed by atoms with Gasteiger partial charge in [0.05, 0.1) is 5.41 Å². The van der Waals surface area contributed by atoms with Crippen molar-refractivity contribution in [2.45, 2.75) is 19.3 Å². The Balaban J connectivity index is 2.04. The predicted molar refractivity (Wildman–Crippen MR) is 117 cm³/mol. The van der Waals surface area contributed by atoms with Gasteiger partial charge >= 0.3 is 0 Å². The average molecular weight is 378 g/mol. The minimum atomic E-state index is -0.612. The van der Waals surface area contributed by atoms with Gasteiger partial charge in [0.1, 0.15) is 11.5 Å².